The summed E-state index contributed by atoms with van der Waals surface area (Å²) in [5.41, 5.74) is 6.22. The van der Waals surface area contributed by atoms with Crippen LogP contribution in [0.5, 0.6) is 5.75 Å². The van der Waals surface area contributed by atoms with E-state index in [9.17, 15) is 0 Å². The molecule has 0 spiro atoms. The average Bonchev–Trinajstić information content (AvgIpc) is 2.87. The van der Waals surface area contributed by atoms with E-state index in [-0.39, 0.29) is 12.1 Å². The molecule has 0 saturated heterocycles. The number of halogens is 3. The van der Waals surface area contributed by atoms with Gasteiger partial charge in [0.15, 0.2) is 0 Å². The normalized spacial score (nSPS) is 14.0. The van der Waals surface area contributed by atoms with Crippen LogP contribution in [0.1, 0.15) is 29.2 Å². The summed E-state index contributed by atoms with van der Waals surface area (Å²) in [4.78, 5) is 2.32. The summed E-state index contributed by atoms with van der Waals surface area (Å²) in [6.45, 7) is 4.10. The predicted molar refractivity (Wildman–Crippen MR) is 94.9 cm³/mol. The molecule has 2 unspecified atom stereocenters. The number of rotatable bonds is 5. The van der Waals surface area contributed by atoms with Gasteiger partial charge in [-0.3, -0.25) is 0 Å². The summed E-state index contributed by atoms with van der Waals surface area (Å²) in [7, 11) is 0. The molecule has 0 saturated carbocycles. The minimum absolute atomic E-state index is 0.110. The molecule has 2 nitrogen and oxygen atoms in total. The number of thiophene rings is 1. The molecule has 2 N–H and O–H groups in total. The largest absolute Gasteiger partial charge is 0.482 e. The van der Waals surface area contributed by atoms with Gasteiger partial charge in [-0.2, -0.15) is 0 Å². The second kappa shape index (κ2) is 7.34. The van der Waals surface area contributed by atoms with Crippen LogP contribution < -0.4 is 10.5 Å². The van der Waals surface area contributed by atoms with Gasteiger partial charge >= 0.3 is 0 Å². The summed E-state index contributed by atoms with van der Waals surface area (Å²) < 4.78 is 6.82. The molecular weight excluding hydrogens is 393 g/mol. The fraction of sp³-hybridized carbons (Fsp3) is 0.333. The van der Waals surface area contributed by atoms with Crippen LogP contribution in [0.3, 0.4) is 0 Å². The van der Waals surface area contributed by atoms with Crippen molar-refractivity contribution in [3.05, 3.63) is 48.5 Å². The van der Waals surface area contributed by atoms with Crippen LogP contribution >= 0.6 is 50.5 Å². The Morgan fingerprint density at radius 2 is 2.00 bits per heavy atom. The number of nitrogens with two attached hydrogens (primary N) is 1. The molecule has 0 fully saturated rings. The second-order valence-electron chi connectivity index (χ2n) is 4.76. The lowest BCUT2D eigenvalue weighted by molar-refractivity contribution is 0.175. The van der Waals surface area contributed by atoms with Crippen molar-refractivity contribution >= 4 is 50.5 Å². The quantitative estimate of drug-likeness (QED) is 0.617. The number of hydrogen-bond acceptors (Lipinski definition) is 3. The van der Waals surface area contributed by atoms with Gasteiger partial charge in [0.1, 0.15) is 11.9 Å². The lowest BCUT2D eigenvalue weighted by Gasteiger charge is -2.24. The van der Waals surface area contributed by atoms with Crippen LogP contribution in [-0.4, -0.2) is 6.04 Å². The highest BCUT2D eigenvalue weighted by Crippen LogP contribution is 2.38. The molecule has 2 aromatic rings. The summed E-state index contributed by atoms with van der Waals surface area (Å²) in [5, 5.41) is 1.06. The van der Waals surface area contributed by atoms with Gasteiger partial charge in [-0.15, -0.1) is 11.3 Å². The monoisotopic (exact) mass is 407 g/mol. The van der Waals surface area contributed by atoms with Crippen molar-refractivity contribution in [3.8, 4) is 5.75 Å². The molecule has 1 aromatic carbocycles. The van der Waals surface area contributed by atoms with Crippen molar-refractivity contribution in [2.24, 2.45) is 5.73 Å². The van der Waals surface area contributed by atoms with E-state index in [1.807, 2.05) is 6.92 Å². The predicted octanol–water partition coefficient (Wildman–Crippen LogP) is 5.98. The Morgan fingerprint density at radius 1 is 1.29 bits per heavy atom. The molecule has 0 amide bonds. The summed E-state index contributed by atoms with van der Waals surface area (Å²) in [6, 6.07) is 7.45. The second-order valence-corrected chi connectivity index (χ2v) is 7.74. The van der Waals surface area contributed by atoms with Crippen LogP contribution in [0.25, 0.3) is 0 Å². The van der Waals surface area contributed by atoms with E-state index in [1.54, 1.807) is 23.5 Å². The average molecular weight is 409 g/mol. The topological polar surface area (TPSA) is 35.2 Å². The number of aryl methyl sites for hydroxylation is 1. The van der Waals surface area contributed by atoms with Crippen LogP contribution in [0.15, 0.2) is 28.7 Å². The minimum atomic E-state index is -0.233. The van der Waals surface area contributed by atoms with Crippen LogP contribution in [-0.2, 0) is 0 Å². The number of benzene rings is 1. The Morgan fingerprint density at radius 3 is 2.57 bits per heavy atom. The maximum absolute atomic E-state index is 6.24. The smallest absolute Gasteiger partial charge is 0.148 e. The highest BCUT2D eigenvalue weighted by atomic mass is 79.9. The zero-order valence-corrected chi connectivity index (χ0v) is 15.6. The van der Waals surface area contributed by atoms with Crippen molar-refractivity contribution < 1.29 is 4.74 Å². The van der Waals surface area contributed by atoms with E-state index >= 15 is 0 Å². The maximum Gasteiger partial charge on any atom is 0.148 e. The van der Waals surface area contributed by atoms with Crippen LogP contribution in [0.4, 0.5) is 0 Å². The Kier molecular flexibility index (Phi) is 5.97. The van der Waals surface area contributed by atoms with E-state index in [0.717, 1.165) is 15.8 Å². The lowest BCUT2D eigenvalue weighted by Crippen LogP contribution is -2.31. The molecule has 0 aliphatic carbocycles. The SMILES string of the molecule is CCC(N)C(Oc1cc(Cl)c(Br)cc1Cl)c1ccc(C)s1. The van der Waals surface area contributed by atoms with Gasteiger partial charge in [0.2, 0.25) is 0 Å². The highest BCUT2D eigenvalue weighted by molar-refractivity contribution is 9.10. The fourth-order valence-corrected chi connectivity index (χ4v) is 3.73. The van der Waals surface area contributed by atoms with E-state index in [0.29, 0.717) is 15.8 Å². The molecule has 1 heterocycles. The Hall–Kier alpha value is -0.260. The van der Waals surface area contributed by atoms with Crippen molar-refractivity contribution in [2.45, 2.75) is 32.4 Å². The molecule has 21 heavy (non-hydrogen) atoms. The highest BCUT2D eigenvalue weighted by Gasteiger charge is 2.23. The third-order valence-electron chi connectivity index (χ3n) is 3.13. The van der Waals surface area contributed by atoms with E-state index in [4.69, 9.17) is 33.7 Å². The maximum atomic E-state index is 6.24. The van der Waals surface area contributed by atoms with Crippen molar-refractivity contribution in [3.63, 3.8) is 0 Å². The summed E-state index contributed by atoms with van der Waals surface area (Å²) >= 11 is 17.4. The van der Waals surface area contributed by atoms with Gasteiger partial charge in [-0.25, -0.2) is 0 Å². The molecule has 6 heteroatoms. The number of ether oxygens (including phenoxy) is 1. The summed E-state index contributed by atoms with van der Waals surface area (Å²) in [6.07, 6.45) is 0.576. The number of hydrogen-bond donors (Lipinski definition) is 1. The molecule has 0 radical (unpaired) electrons. The minimum Gasteiger partial charge on any atom is -0.482 e. The molecule has 0 aliphatic rings. The van der Waals surface area contributed by atoms with E-state index < -0.39 is 0 Å². The van der Waals surface area contributed by atoms with Crippen LogP contribution in [0.2, 0.25) is 10.0 Å². The van der Waals surface area contributed by atoms with E-state index in [1.165, 1.54) is 4.88 Å². The molecule has 1 aromatic heterocycles. The molecule has 0 bridgehead atoms. The first-order valence-electron chi connectivity index (χ1n) is 6.55. The third-order valence-corrected chi connectivity index (χ3v) is 5.69. The zero-order chi connectivity index (χ0) is 15.6. The van der Waals surface area contributed by atoms with Gasteiger partial charge in [0.25, 0.3) is 0 Å². The van der Waals surface area contributed by atoms with Gasteiger partial charge < -0.3 is 10.5 Å². The van der Waals surface area contributed by atoms with Gasteiger partial charge in [0, 0.05) is 26.3 Å². The van der Waals surface area contributed by atoms with Crippen molar-refractivity contribution in [2.75, 3.05) is 0 Å². The molecular formula is C15H16BrCl2NOS. The Bertz CT molecular complexity index is 632. The first-order chi connectivity index (χ1) is 9.92. The third kappa shape index (κ3) is 4.14. The standard InChI is InChI=1S/C15H16BrCl2NOS/c1-3-12(19)15(14-5-4-8(2)21-14)20-13-7-10(17)9(16)6-11(13)18/h4-7,12,15H,3,19H2,1-2H3. The van der Waals surface area contributed by atoms with Crippen molar-refractivity contribution in [1.29, 1.82) is 0 Å². The molecule has 2 atom stereocenters. The Balaban J connectivity index is 2.33. The zero-order valence-electron chi connectivity index (χ0n) is 11.7. The van der Waals surface area contributed by atoms with Crippen LogP contribution in [0, 0.1) is 6.92 Å². The Labute approximate surface area is 147 Å². The van der Waals surface area contributed by atoms with Gasteiger partial charge in [0.05, 0.1) is 10.0 Å². The summed E-state index contributed by atoms with van der Waals surface area (Å²) in [5.74, 6) is 0.546. The molecule has 114 valence electrons. The lowest BCUT2D eigenvalue weighted by atomic mass is 10.1. The van der Waals surface area contributed by atoms with Gasteiger partial charge in [-0.1, -0.05) is 30.1 Å². The van der Waals surface area contributed by atoms with E-state index in [2.05, 4.69) is 35.0 Å². The molecule has 2 rings (SSSR count). The molecule has 0 aliphatic heterocycles. The van der Waals surface area contributed by atoms with Gasteiger partial charge in [-0.05, 0) is 47.5 Å². The fourth-order valence-electron chi connectivity index (χ4n) is 1.91. The first kappa shape index (κ1) is 17.1. The first-order valence-corrected chi connectivity index (χ1v) is 8.92. The van der Waals surface area contributed by atoms with Crippen molar-refractivity contribution in [1.82, 2.24) is 0 Å².